The lowest BCUT2D eigenvalue weighted by molar-refractivity contribution is -0.130. The molecule has 2 aliphatic heterocycles. The van der Waals surface area contributed by atoms with E-state index in [0.717, 1.165) is 39.1 Å². The fourth-order valence-corrected chi connectivity index (χ4v) is 3.38. The number of carbonyl (C=O) groups is 1. The average molecular weight is 339 g/mol. The number of benzene rings is 1. The Morgan fingerprint density at radius 3 is 2.83 bits per heavy atom. The van der Waals surface area contributed by atoms with Crippen molar-refractivity contribution in [3.05, 3.63) is 35.9 Å². The molecule has 3 rings (SSSR count). The van der Waals surface area contributed by atoms with Gasteiger partial charge in [-0.25, -0.2) is 0 Å². The van der Waals surface area contributed by atoms with Crippen molar-refractivity contribution in [1.82, 2.24) is 10.2 Å². The van der Waals surface area contributed by atoms with Crippen molar-refractivity contribution in [2.24, 2.45) is 5.92 Å². The van der Waals surface area contributed by atoms with E-state index in [1.54, 1.807) is 0 Å². The van der Waals surface area contributed by atoms with E-state index in [1.807, 2.05) is 23.1 Å². The lowest BCUT2D eigenvalue weighted by Gasteiger charge is -2.19. The summed E-state index contributed by atoms with van der Waals surface area (Å²) < 4.78 is 5.81. The van der Waals surface area contributed by atoms with Crippen LogP contribution in [0.1, 0.15) is 31.2 Å². The Hall–Kier alpha value is -1.10. The molecule has 2 atom stereocenters. The van der Waals surface area contributed by atoms with Gasteiger partial charge in [0.05, 0.1) is 13.2 Å². The Morgan fingerprint density at radius 1 is 1.26 bits per heavy atom. The second kappa shape index (κ2) is 9.26. The first kappa shape index (κ1) is 18.2. The third-order valence-electron chi connectivity index (χ3n) is 4.69. The van der Waals surface area contributed by atoms with Gasteiger partial charge in [-0.15, -0.1) is 12.4 Å². The summed E-state index contributed by atoms with van der Waals surface area (Å²) in [6.45, 7) is 4.23. The molecule has 128 valence electrons. The molecule has 0 bridgehead atoms. The molecule has 1 amide bonds. The highest BCUT2D eigenvalue weighted by atomic mass is 35.5. The zero-order valence-electron chi connectivity index (χ0n) is 13.6. The third-order valence-corrected chi connectivity index (χ3v) is 4.69. The first-order chi connectivity index (χ1) is 10.8. The molecule has 2 fully saturated rings. The number of nitrogens with zero attached hydrogens (tertiary/aromatic N) is 1. The first-order valence-electron chi connectivity index (χ1n) is 8.44. The maximum absolute atomic E-state index is 12.3. The van der Waals surface area contributed by atoms with Crippen LogP contribution in [0, 0.1) is 5.92 Å². The van der Waals surface area contributed by atoms with Gasteiger partial charge >= 0.3 is 0 Å². The second-order valence-corrected chi connectivity index (χ2v) is 6.49. The zero-order valence-corrected chi connectivity index (χ0v) is 14.4. The second-order valence-electron chi connectivity index (χ2n) is 6.49. The van der Waals surface area contributed by atoms with Gasteiger partial charge in [0, 0.05) is 31.5 Å². The largest absolute Gasteiger partial charge is 0.376 e. The molecule has 2 saturated heterocycles. The summed E-state index contributed by atoms with van der Waals surface area (Å²) in [6, 6.07) is 10.7. The molecule has 2 heterocycles. The number of amides is 1. The van der Waals surface area contributed by atoms with E-state index in [9.17, 15) is 4.79 Å². The number of likely N-dealkylation sites (tertiary alicyclic amines) is 1. The molecular formula is C18H27ClN2O2. The monoisotopic (exact) mass is 338 g/mol. The summed E-state index contributed by atoms with van der Waals surface area (Å²) in [4.78, 5) is 14.3. The fourth-order valence-electron chi connectivity index (χ4n) is 3.38. The van der Waals surface area contributed by atoms with Crippen molar-refractivity contribution in [2.75, 3.05) is 26.2 Å². The lowest BCUT2D eigenvalue weighted by atomic mass is 10.1. The molecule has 0 spiro atoms. The van der Waals surface area contributed by atoms with Gasteiger partial charge in [0.15, 0.2) is 0 Å². The SMILES string of the molecule is Cl.O=C(CC1CCCN1)N1CCC(COCc2ccccc2)C1. The van der Waals surface area contributed by atoms with E-state index in [4.69, 9.17) is 4.74 Å². The van der Waals surface area contributed by atoms with Crippen LogP contribution in [0.15, 0.2) is 30.3 Å². The summed E-state index contributed by atoms with van der Waals surface area (Å²) in [5.41, 5.74) is 1.21. The molecule has 2 unspecified atom stereocenters. The fraction of sp³-hybridized carbons (Fsp3) is 0.611. The Bertz CT molecular complexity index is 477. The molecule has 1 N–H and O–H groups in total. The molecule has 0 aliphatic carbocycles. The van der Waals surface area contributed by atoms with Crippen LogP contribution in [0.3, 0.4) is 0 Å². The van der Waals surface area contributed by atoms with E-state index < -0.39 is 0 Å². The minimum Gasteiger partial charge on any atom is -0.376 e. The van der Waals surface area contributed by atoms with Crippen LogP contribution in [0.4, 0.5) is 0 Å². The summed E-state index contributed by atoms with van der Waals surface area (Å²) >= 11 is 0. The lowest BCUT2D eigenvalue weighted by Crippen LogP contribution is -2.34. The van der Waals surface area contributed by atoms with Crippen molar-refractivity contribution in [2.45, 2.75) is 38.3 Å². The molecule has 1 aromatic rings. The van der Waals surface area contributed by atoms with E-state index in [2.05, 4.69) is 17.4 Å². The molecule has 2 aliphatic rings. The number of hydrogen-bond donors (Lipinski definition) is 1. The Morgan fingerprint density at radius 2 is 2.09 bits per heavy atom. The van der Waals surface area contributed by atoms with Crippen LogP contribution in [0.5, 0.6) is 0 Å². The minimum absolute atomic E-state index is 0. The van der Waals surface area contributed by atoms with Gasteiger partial charge in [-0.1, -0.05) is 30.3 Å². The minimum atomic E-state index is 0. The zero-order chi connectivity index (χ0) is 15.2. The van der Waals surface area contributed by atoms with Crippen molar-refractivity contribution >= 4 is 18.3 Å². The molecule has 0 saturated carbocycles. The normalized spacial score (nSPS) is 23.7. The number of carbonyl (C=O) groups excluding carboxylic acids is 1. The van der Waals surface area contributed by atoms with Crippen molar-refractivity contribution in [1.29, 1.82) is 0 Å². The molecular weight excluding hydrogens is 312 g/mol. The van der Waals surface area contributed by atoms with Gasteiger partial charge in [-0.3, -0.25) is 4.79 Å². The van der Waals surface area contributed by atoms with E-state index >= 15 is 0 Å². The van der Waals surface area contributed by atoms with Crippen molar-refractivity contribution in [3.8, 4) is 0 Å². The topological polar surface area (TPSA) is 41.6 Å². The van der Waals surface area contributed by atoms with Gasteiger partial charge in [0.25, 0.3) is 0 Å². The Labute approximate surface area is 145 Å². The molecule has 1 aromatic carbocycles. The highest BCUT2D eigenvalue weighted by Gasteiger charge is 2.28. The Balaban J connectivity index is 0.00000192. The average Bonchev–Trinajstić information content (AvgIpc) is 3.20. The van der Waals surface area contributed by atoms with Gasteiger partial charge in [0.2, 0.25) is 5.91 Å². The summed E-state index contributed by atoms with van der Waals surface area (Å²) in [5, 5.41) is 3.40. The predicted molar refractivity (Wildman–Crippen MR) is 93.7 cm³/mol. The molecule has 4 nitrogen and oxygen atoms in total. The maximum Gasteiger partial charge on any atom is 0.224 e. The van der Waals surface area contributed by atoms with Crippen LogP contribution in [0.25, 0.3) is 0 Å². The maximum atomic E-state index is 12.3. The van der Waals surface area contributed by atoms with Crippen LogP contribution < -0.4 is 5.32 Å². The van der Waals surface area contributed by atoms with Crippen LogP contribution in [0.2, 0.25) is 0 Å². The van der Waals surface area contributed by atoms with E-state index in [1.165, 1.54) is 12.0 Å². The van der Waals surface area contributed by atoms with Gasteiger partial charge in [-0.05, 0) is 31.4 Å². The van der Waals surface area contributed by atoms with Crippen LogP contribution in [-0.2, 0) is 16.1 Å². The molecule has 0 aromatic heterocycles. The summed E-state index contributed by atoms with van der Waals surface area (Å²) in [7, 11) is 0. The summed E-state index contributed by atoms with van der Waals surface area (Å²) in [5.74, 6) is 0.800. The van der Waals surface area contributed by atoms with Gasteiger partial charge in [-0.2, -0.15) is 0 Å². The van der Waals surface area contributed by atoms with E-state index in [-0.39, 0.29) is 12.4 Å². The highest BCUT2D eigenvalue weighted by Crippen LogP contribution is 2.19. The van der Waals surface area contributed by atoms with E-state index in [0.29, 0.717) is 30.9 Å². The molecule has 5 heteroatoms. The van der Waals surface area contributed by atoms with Gasteiger partial charge < -0.3 is 15.0 Å². The highest BCUT2D eigenvalue weighted by molar-refractivity contribution is 5.85. The van der Waals surface area contributed by atoms with Gasteiger partial charge in [0.1, 0.15) is 0 Å². The number of hydrogen-bond acceptors (Lipinski definition) is 3. The standard InChI is InChI=1S/C18H26N2O2.ClH/c21-18(11-17-7-4-9-19-17)20-10-8-16(12-20)14-22-13-15-5-2-1-3-6-15;/h1-3,5-6,16-17,19H,4,7-14H2;1H. The third kappa shape index (κ3) is 5.48. The predicted octanol–water partition coefficient (Wildman–Crippen LogP) is 2.62. The number of rotatable bonds is 6. The van der Waals surface area contributed by atoms with Crippen molar-refractivity contribution < 1.29 is 9.53 Å². The van der Waals surface area contributed by atoms with Crippen molar-refractivity contribution in [3.63, 3.8) is 0 Å². The first-order valence-corrected chi connectivity index (χ1v) is 8.44. The molecule has 23 heavy (non-hydrogen) atoms. The summed E-state index contributed by atoms with van der Waals surface area (Å²) in [6.07, 6.45) is 4.08. The molecule has 0 radical (unpaired) electrons. The van der Waals surface area contributed by atoms with Crippen LogP contribution >= 0.6 is 12.4 Å². The Kier molecular flexibility index (Phi) is 7.34. The van der Waals surface area contributed by atoms with Crippen LogP contribution in [-0.4, -0.2) is 43.1 Å². The number of nitrogens with one attached hydrogen (secondary N) is 1. The number of ether oxygens (including phenoxy) is 1. The number of halogens is 1. The quantitative estimate of drug-likeness (QED) is 0.867. The smallest absolute Gasteiger partial charge is 0.224 e.